The summed E-state index contributed by atoms with van der Waals surface area (Å²) in [6, 6.07) is 19.8. The summed E-state index contributed by atoms with van der Waals surface area (Å²) in [7, 11) is -3.81. The van der Waals surface area contributed by atoms with E-state index in [0.717, 1.165) is 0 Å². The van der Waals surface area contributed by atoms with E-state index in [-0.39, 0.29) is 28.1 Å². The van der Waals surface area contributed by atoms with Crippen molar-refractivity contribution in [3.05, 3.63) is 89.8 Å². The zero-order chi connectivity index (χ0) is 24.6. The van der Waals surface area contributed by atoms with Crippen molar-refractivity contribution in [2.24, 2.45) is 0 Å². The molecule has 0 aliphatic carbocycles. The van der Waals surface area contributed by atoms with Gasteiger partial charge in [-0.3, -0.25) is 4.79 Å². The lowest BCUT2D eigenvalue weighted by atomic mass is 10.2. The average Bonchev–Trinajstić information content (AvgIpc) is 3.24. The van der Waals surface area contributed by atoms with Crippen molar-refractivity contribution in [1.82, 2.24) is 9.47 Å². The highest BCUT2D eigenvalue weighted by Gasteiger charge is 2.26. The molecule has 1 aliphatic rings. The summed E-state index contributed by atoms with van der Waals surface area (Å²) in [5.74, 6) is -0.394. The lowest BCUT2D eigenvalue weighted by Gasteiger charge is -2.36. The monoisotopic (exact) mass is 511 g/mol. The molecule has 2 heterocycles. The Morgan fingerprint density at radius 2 is 1.54 bits per heavy atom. The van der Waals surface area contributed by atoms with Gasteiger partial charge in [0, 0.05) is 48.3 Å². The van der Waals surface area contributed by atoms with E-state index in [1.54, 1.807) is 45.9 Å². The number of hydrogen-bond acceptors (Lipinski definition) is 4. The van der Waals surface area contributed by atoms with Gasteiger partial charge in [-0.1, -0.05) is 41.9 Å². The molecule has 0 unspecified atom stereocenters. The van der Waals surface area contributed by atoms with Crippen LogP contribution in [-0.4, -0.2) is 50.0 Å². The van der Waals surface area contributed by atoms with Gasteiger partial charge >= 0.3 is 0 Å². The fourth-order valence-electron chi connectivity index (χ4n) is 4.45. The van der Waals surface area contributed by atoms with Crippen molar-refractivity contribution in [2.75, 3.05) is 31.1 Å². The molecule has 6 nitrogen and oxygen atoms in total. The Balaban J connectivity index is 1.37. The smallest absolute Gasteiger partial charge is 0.242 e. The summed E-state index contributed by atoms with van der Waals surface area (Å²) >= 11 is 5.93. The van der Waals surface area contributed by atoms with Crippen LogP contribution in [0.1, 0.15) is 0 Å². The Labute approximate surface area is 208 Å². The quantitative estimate of drug-likeness (QED) is 0.392. The first-order valence-corrected chi connectivity index (χ1v) is 13.1. The Morgan fingerprint density at radius 3 is 2.26 bits per heavy atom. The van der Waals surface area contributed by atoms with Crippen LogP contribution in [0.2, 0.25) is 5.02 Å². The maximum Gasteiger partial charge on any atom is 0.242 e. The van der Waals surface area contributed by atoms with Crippen LogP contribution in [0.3, 0.4) is 0 Å². The van der Waals surface area contributed by atoms with Crippen molar-refractivity contribution < 1.29 is 17.6 Å². The largest absolute Gasteiger partial charge is 0.366 e. The maximum atomic E-state index is 14.1. The lowest BCUT2D eigenvalue weighted by Crippen LogP contribution is -2.49. The third kappa shape index (κ3) is 4.51. The fraction of sp³-hybridized carbons (Fsp3) is 0.192. The van der Waals surface area contributed by atoms with E-state index in [9.17, 15) is 17.6 Å². The highest BCUT2D eigenvalue weighted by Crippen LogP contribution is 2.31. The number of para-hydroxylation sites is 2. The van der Waals surface area contributed by atoms with Crippen LogP contribution in [-0.2, 0) is 21.2 Å². The van der Waals surface area contributed by atoms with Crippen LogP contribution in [0, 0.1) is 5.82 Å². The summed E-state index contributed by atoms with van der Waals surface area (Å²) in [5, 5.41) is 1.01. The molecule has 35 heavy (non-hydrogen) atoms. The van der Waals surface area contributed by atoms with Gasteiger partial charge in [-0.2, -0.15) is 0 Å². The van der Waals surface area contributed by atoms with Crippen molar-refractivity contribution >= 4 is 43.9 Å². The second-order valence-electron chi connectivity index (χ2n) is 8.42. The van der Waals surface area contributed by atoms with Crippen LogP contribution in [0.5, 0.6) is 0 Å². The van der Waals surface area contributed by atoms with Crippen LogP contribution in [0.15, 0.2) is 88.8 Å². The van der Waals surface area contributed by atoms with E-state index < -0.39 is 9.84 Å². The minimum absolute atomic E-state index is 0.0103. The summed E-state index contributed by atoms with van der Waals surface area (Å²) < 4.78 is 42.6. The Morgan fingerprint density at radius 1 is 0.886 bits per heavy atom. The third-order valence-corrected chi connectivity index (χ3v) is 8.35. The fourth-order valence-corrected chi connectivity index (χ4v) is 6.05. The van der Waals surface area contributed by atoms with E-state index >= 15 is 0 Å². The van der Waals surface area contributed by atoms with Crippen LogP contribution in [0.4, 0.5) is 10.1 Å². The first-order chi connectivity index (χ1) is 16.8. The molecular formula is C26H23ClFN3O3S. The van der Waals surface area contributed by atoms with Crippen LogP contribution < -0.4 is 4.90 Å². The minimum atomic E-state index is -3.81. The van der Waals surface area contributed by atoms with E-state index in [0.29, 0.717) is 47.8 Å². The Bertz CT molecular complexity index is 1490. The topological polar surface area (TPSA) is 62.6 Å². The molecule has 0 bridgehead atoms. The number of benzene rings is 3. The number of carbonyl (C=O) groups excluding carboxylic acids is 1. The van der Waals surface area contributed by atoms with E-state index in [1.807, 2.05) is 11.0 Å². The molecule has 1 aliphatic heterocycles. The number of nitrogens with zero attached hydrogens (tertiary/aromatic N) is 3. The highest BCUT2D eigenvalue weighted by molar-refractivity contribution is 7.91. The molecule has 9 heteroatoms. The molecule has 0 saturated carbocycles. The second kappa shape index (κ2) is 9.36. The SMILES string of the molecule is O=C(Cn1cc(S(=O)(=O)c2ccc(Cl)cc2)c2ccccc21)N1CCN(c2ccccc2F)CC1. The number of carbonyl (C=O) groups is 1. The minimum Gasteiger partial charge on any atom is -0.366 e. The van der Waals surface area contributed by atoms with E-state index in [2.05, 4.69) is 0 Å². The first kappa shape index (κ1) is 23.4. The molecule has 1 saturated heterocycles. The van der Waals surface area contributed by atoms with Crippen molar-refractivity contribution in [2.45, 2.75) is 16.3 Å². The number of aromatic nitrogens is 1. The molecule has 0 N–H and O–H groups in total. The molecule has 3 aromatic carbocycles. The van der Waals surface area contributed by atoms with E-state index in [4.69, 9.17) is 11.6 Å². The van der Waals surface area contributed by atoms with Gasteiger partial charge in [0.05, 0.1) is 15.5 Å². The number of anilines is 1. The lowest BCUT2D eigenvalue weighted by molar-refractivity contribution is -0.132. The molecule has 1 fully saturated rings. The molecule has 1 amide bonds. The van der Waals surface area contributed by atoms with Gasteiger partial charge in [-0.25, -0.2) is 12.8 Å². The van der Waals surface area contributed by atoms with Gasteiger partial charge in [0.2, 0.25) is 15.7 Å². The van der Waals surface area contributed by atoms with Crippen LogP contribution in [0.25, 0.3) is 10.9 Å². The van der Waals surface area contributed by atoms with Gasteiger partial charge in [-0.05, 0) is 42.5 Å². The number of rotatable bonds is 5. The Hall–Kier alpha value is -3.36. The summed E-state index contributed by atoms with van der Waals surface area (Å²) in [6.07, 6.45) is 1.53. The summed E-state index contributed by atoms with van der Waals surface area (Å²) in [5.41, 5.74) is 1.20. The molecule has 4 aromatic rings. The number of fused-ring (bicyclic) bond motifs is 1. The number of halogens is 2. The van der Waals surface area contributed by atoms with Gasteiger partial charge in [0.1, 0.15) is 12.4 Å². The normalized spacial score (nSPS) is 14.5. The van der Waals surface area contributed by atoms with Gasteiger partial charge < -0.3 is 14.4 Å². The molecule has 180 valence electrons. The highest BCUT2D eigenvalue weighted by atomic mass is 35.5. The molecule has 1 aromatic heterocycles. The standard InChI is InChI=1S/C26H23ClFN3O3S/c27-19-9-11-20(12-10-19)35(33,34)25-17-31(23-7-3-1-5-21(23)25)18-26(32)30-15-13-29(14-16-30)24-8-4-2-6-22(24)28/h1-12,17H,13-16,18H2. The number of hydrogen-bond donors (Lipinski definition) is 0. The molecule has 5 rings (SSSR count). The zero-order valence-corrected chi connectivity index (χ0v) is 20.3. The Kier molecular flexibility index (Phi) is 6.25. The van der Waals surface area contributed by atoms with Gasteiger partial charge in [0.15, 0.2) is 0 Å². The van der Waals surface area contributed by atoms with Crippen LogP contribution >= 0.6 is 11.6 Å². The molecule has 0 spiro atoms. The molecule has 0 radical (unpaired) electrons. The first-order valence-electron chi connectivity index (χ1n) is 11.2. The average molecular weight is 512 g/mol. The summed E-state index contributed by atoms with van der Waals surface area (Å²) in [6.45, 7) is 1.98. The number of amides is 1. The van der Waals surface area contributed by atoms with Crippen molar-refractivity contribution in [3.8, 4) is 0 Å². The predicted molar refractivity (Wildman–Crippen MR) is 134 cm³/mol. The number of sulfone groups is 1. The van der Waals surface area contributed by atoms with Crippen molar-refractivity contribution in [1.29, 1.82) is 0 Å². The summed E-state index contributed by atoms with van der Waals surface area (Å²) in [4.78, 5) is 17.1. The van der Waals surface area contributed by atoms with Gasteiger partial charge in [-0.15, -0.1) is 0 Å². The zero-order valence-electron chi connectivity index (χ0n) is 18.8. The van der Waals surface area contributed by atoms with Crippen molar-refractivity contribution in [3.63, 3.8) is 0 Å². The predicted octanol–water partition coefficient (Wildman–Crippen LogP) is 4.62. The maximum absolute atomic E-state index is 14.1. The van der Waals surface area contributed by atoms with E-state index in [1.165, 1.54) is 36.5 Å². The number of piperazine rings is 1. The third-order valence-electron chi connectivity index (χ3n) is 6.30. The molecule has 0 atom stereocenters. The second-order valence-corrected chi connectivity index (χ2v) is 10.8. The van der Waals surface area contributed by atoms with Gasteiger partial charge in [0.25, 0.3) is 0 Å². The molecular weight excluding hydrogens is 489 g/mol.